The van der Waals surface area contributed by atoms with Crippen molar-refractivity contribution in [1.82, 2.24) is 15.1 Å². The Hall–Kier alpha value is -3.24. The quantitative estimate of drug-likeness (QED) is 0.676. The second-order valence-corrected chi connectivity index (χ2v) is 5.45. The maximum atomic E-state index is 12.5. The van der Waals surface area contributed by atoms with Gasteiger partial charge in [0.2, 0.25) is 5.82 Å². The molecule has 0 bridgehead atoms. The molecule has 3 aromatic rings. The monoisotopic (exact) mass is 367 g/mol. The zero-order chi connectivity index (χ0) is 19.1. The van der Waals surface area contributed by atoms with Gasteiger partial charge < -0.3 is 14.7 Å². The molecule has 0 radical (unpaired) electrons. The fourth-order valence-electron chi connectivity index (χ4n) is 2.40. The van der Waals surface area contributed by atoms with Crippen LogP contribution in [0.3, 0.4) is 0 Å². The first-order chi connectivity index (χ1) is 12.2. The molecule has 11 heteroatoms. The van der Waals surface area contributed by atoms with Gasteiger partial charge in [-0.05, 0) is 12.1 Å². The fraction of sp³-hybridized carbons (Fsp3) is 0.267. The van der Waals surface area contributed by atoms with Gasteiger partial charge in [0.25, 0.3) is 10.9 Å². The molecule has 0 aliphatic heterocycles. The molecular formula is C15H12F3N5O3. The highest BCUT2D eigenvalue weighted by molar-refractivity contribution is 5.74. The Morgan fingerprint density at radius 3 is 2.50 bits per heavy atom. The number of hydrogen-bond acceptors (Lipinski definition) is 8. The zero-order valence-electron chi connectivity index (χ0n) is 13.6. The second kappa shape index (κ2) is 6.24. The molecule has 1 N–H and O–H groups in total. The van der Waals surface area contributed by atoms with Crippen LogP contribution in [0.15, 0.2) is 32.4 Å². The highest BCUT2D eigenvalue weighted by Crippen LogP contribution is 2.29. The summed E-state index contributed by atoms with van der Waals surface area (Å²) in [5, 5.41) is 5.95. The molecule has 0 amide bonds. The summed E-state index contributed by atoms with van der Waals surface area (Å²) in [5.41, 5.74) is 0.124. The van der Waals surface area contributed by atoms with Crippen LogP contribution in [0.4, 0.5) is 24.5 Å². The minimum Gasteiger partial charge on any atom is -0.383 e. The van der Waals surface area contributed by atoms with E-state index in [0.29, 0.717) is 5.69 Å². The highest BCUT2D eigenvalue weighted by atomic mass is 19.4. The SMILES string of the molecule is CNc1c(N(C)Cc2ccc(-c3noc(C(F)(F)F)n3)cn2)c(=O)c1=O. The van der Waals surface area contributed by atoms with Crippen LogP contribution in [0.5, 0.6) is 0 Å². The van der Waals surface area contributed by atoms with Crippen molar-refractivity contribution in [2.45, 2.75) is 12.7 Å². The zero-order valence-corrected chi connectivity index (χ0v) is 13.6. The van der Waals surface area contributed by atoms with Gasteiger partial charge >= 0.3 is 12.1 Å². The van der Waals surface area contributed by atoms with Gasteiger partial charge in [0.1, 0.15) is 11.4 Å². The molecule has 0 spiro atoms. The molecular weight excluding hydrogens is 355 g/mol. The second-order valence-electron chi connectivity index (χ2n) is 5.45. The molecule has 2 heterocycles. The third-order valence-corrected chi connectivity index (χ3v) is 3.67. The van der Waals surface area contributed by atoms with Crippen LogP contribution >= 0.6 is 0 Å². The van der Waals surface area contributed by atoms with Gasteiger partial charge in [-0.25, -0.2) is 0 Å². The van der Waals surface area contributed by atoms with E-state index in [1.165, 1.54) is 12.3 Å². The summed E-state index contributed by atoms with van der Waals surface area (Å²) in [7, 11) is 3.17. The Kier molecular flexibility index (Phi) is 4.22. The van der Waals surface area contributed by atoms with E-state index in [2.05, 4.69) is 25.0 Å². The summed E-state index contributed by atoms with van der Waals surface area (Å²) >= 11 is 0. The van der Waals surface area contributed by atoms with Crippen molar-refractivity contribution in [3.05, 3.63) is 50.4 Å². The first-order valence-corrected chi connectivity index (χ1v) is 7.30. The maximum Gasteiger partial charge on any atom is 0.471 e. The number of halogens is 3. The molecule has 0 unspecified atom stereocenters. The van der Waals surface area contributed by atoms with Gasteiger partial charge in [-0.1, -0.05) is 5.16 Å². The number of aromatic nitrogens is 3. The van der Waals surface area contributed by atoms with E-state index < -0.39 is 22.9 Å². The van der Waals surface area contributed by atoms with Gasteiger partial charge in [0, 0.05) is 25.9 Å². The third-order valence-electron chi connectivity index (χ3n) is 3.67. The average molecular weight is 367 g/mol. The first-order valence-electron chi connectivity index (χ1n) is 7.30. The fourth-order valence-corrected chi connectivity index (χ4v) is 2.40. The molecule has 0 fully saturated rings. The van der Waals surface area contributed by atoms with E-state index in [0.717, 1.165) is 0 Å². The molecule has 0 aliphatic rings. The van der Waals surface area contributed by atoms with E-state index in [9.17, 15) is 22.8 Å². The predicted molar refractivity (Wildman–Crippen MR) is 85.5 cm³/mol. The van der Waals surface area contributed by atoms with Gasteiger partial charge in [-0.2, -0.15) is 18.2 Å². The van der Waals surface area contributed by atoms with Crippen molar-refractivity contribution in [3.8, 4) is 11.4 Å². The lowest BCUT2D eigenvalue weighted by molar-refractivity contribution is -0.159. The topological polar surface area (TPSA) is 101 Å². The van der Waals surface area contributed by atoms with E-state index in [1.54, 1.807) is 25.1 Å². The first kappa shape index (κ1) is 17.6. The average Bonchev–Trinajstić information content (AvgIpc) is 3.09. The van der Waals surface area contributed by atoms with E-state index in [4.69, 9.17) is 0 Å². The summed E-state index contributed by atoms with van der Waals surface area (Å²) in [6, 6.07) is 3.04. The number of nitrogens with zero attached hydrogens (tertiary/aromatic N) is 4. The molecule has 0 aliphatic carbocycles. The smallest absolute Gasteiger partial charge is 0.383 e. The summed E-state index contributed by atoms with van der Waals surface area (Å²) in [6.07, 6.45) is -3.41. The minimum atomic E-state index is -4.72. The number of nitrogens with one attached hydrogen (secondary N) is 1. The van der Waals surface area contributed by atoms with Gasteiger partial charge in [-0.3, -0.25) is 14.6 Å². The number of hydrogen-bond donors (Lipinski definition) is 1. The predicted octanol–water partition coefficient (Wildman–Crippen LogP) is 1.42. The van der Waals surface area contributed by atoms with Crippen molar-refractivity contribution in [2.75, 3.05) is 24.3 Å². The van der Waals surface area contributed by atoms with Crippen molar-refractivity contribution in [2.24, 2.45) is 0 Å². The Labute approximate surface area is 144 Å². The lowest BCUT2D eigenvalue weighted by Crippen LogP contribution is -2.40. The van der Waals surface area contributed by atoms with Crippen LogP contribution in [0.1, 0.15) is 11.6 Å². The van der Waals surface area contributed by atoms with Gasteiger partial charge in [0.05, 0.1) is 12.2 Å². The summed E-state index contributed by atoms with van der Waals surface area (Å²) < 4.78 is 41.6. The summed E-state index contributed by atoms with van der Waals surface area (Å²) in [6.45, 7) is 0.222. The summed E-state index contributed by atoms with van der Waals surface area (Å²) in [4.78, 5) is 32.0. The molecule has 2 aromatic heterocycles. The Morgan fingerprint density at radius 2 is 1.96 bits per heavy atom. The molecule has 136 valence electrons. The number of anilines is 2. The standard InChI is InChI=1S/C15H12F3N5O3/c1-19-9-10(12(25)11(9)24)23(2)6-8-4-3-7(5-20-8)13-21-14(26-22-13)15(16,17)18/h3-5,19H,6H2,1-2H3. The maximum absolute atomic E-state index is 12.5. The third kappa shape index (κ3) is 3.03. The summed E-state index contributed by atoms with van der Waals surface area (Å²) in [5.74, 6) is -1.67. The Balaban J connectivity index is 1.76. The molecule has 0 saturated carbocycles. The van der Waals surface area contributed by atoms with Crippen molar-refractivity contribution < 1.29 is 17.7 Å². The number of alkyl halides is 3. The van der Waals surface area contributed by atoms with Crippen LogP contribution in [-0.4, -0.2) is 29.2 Å². The largest absolute Gasteiger partial charge is 0.471 e. The van der Waals surface area contributed by atoms with Crippen LogP contribution in [-0.2, 0) is 12.7 Å². The molecule has 8 nitrogen and oxygen atoms in total. The van der Waals surface area contributed by atoms with Crippen LogP contribution in [0.25, 0.3) is 11.4 Å². The van der Waals surface area contributed by atoms with E-state index in [-0.39, 0.29) is 29.3 Å². The number of pyridine rings is 1. The molecule has 3 rings (SSSR count). The lowest BCUT2D eigenvalue weighted by Gasteiger charge is -2.22. The molecule has 0 saturated heterocycles. The Bertz CT molecular complexity index is 1000. The minimum absolute atomic E-state index is 0.222. The molecule has 1 aromatic carbocycles. The van der Waals surface area contributed by atoms with Crippen LogP contribution in [0.2, 0.25) is 0 Å². The van der Waals surface area contributed by atoms with Crippen LogP contribution in [0, 0.1) is 0 Å². The van der Waals surface area contributed by atoms with Crippen molar-refractivity contribution in [1.29, 1.82) is 0 Å². The van der Waals surface area contributed by atoms with Crippen molar-refractivity contribution in [3.63, 3.8) is 0 Å². The number of rotatable bonds is 5. The van der Waals surface area contributed by atoms with Crippen LogP contribution < -0.4 is 21.1 Å². The van der Waals surface area contributed by atoms with E-state index in [1.807, 2.05) is 0 Å². The lowest BCUT2D eigenvalue weighted by atomic mass is 10.1. The Morgan fingerprint density at radius 1 is 1.23 bits per heavy atom. The van der Waals surface area contributed by atoms with Crippen molar-refractivity contribution >= 4 is 11.4 Å². The normalized spacial score (nSPS) is 11.7. The van der Waals surface area contributed by atoms with Gasteiger partial charge in [0.15, 0.2) is 0 Å². The molecule has 0 atom stereocenters. The molecule has 26 heavy (non-hydrogen) atoms. The van der Waals surface area contributed by atoms with Gasteiger partial charge in [-0.15, -0.1) is 0 Å². The van der Waals surface area contributed by atoms with E-state index >= 15 is 0 Å². The highest BCUT2D eigenvalue weighted by Gasteiger charge is 2.38.